The molecule has 0 saturated heterocycles. The molecule has 4 nitrogen and oxygen atoms in total. The SMILES string of the molecule is [B]=NC#CCOCCNC(=O)CC(C)C. The van der Waals surface area contributed by atoms with E-state index in [-0.39, 0.29) is 12.5 Å². The van der Waals surface area contributed by atoms with Gasteiger partial charge in [0.05, 0.1) is 0 Å². The van der Waals surface area contributed by atoms with Crippen LogP contribution in [-0.2, 0) is 9.53 Å². The molecule has 0 aliphatic carbocycles. The topological polar surface area (TPSA) is 50.7 Å². The zero-order chi connectivity index (χ0) is 11.5. The summed E-state index contributed by atoms with van der Waals surface area (Å²) in [5.74, 6) is 3.01. The van der Waals surface area contributed by atoms with E-state index in [1.54, 1.807) is 0 Å². The van der Waals surface area contributed by atoms with Crippen molar-refractivity contribution < 1.29 is 9.53 Å². The summed E-state index contributed by atoms with van der Waals surface area (Å²) in [6.45, 7) is 5.24. The Labute approximate surface area is 91.9 Å². The third-order valence-corrected chi connectivity index (χ3v) is 1.48. The molecule has 0 spiro atoms. The van der Waals surface area contributed by atoms with Crippen LogP contribution in [0.2, 0.25) is 0 Å². The summed E-state index contributed by atoms with van der Waals surface area (Å²) >= 11 is 0. The van der Waals surface area contributed by atoms with Gasteiger partial charge in [-0.05, 0) is 0 Å². The van der Waals surface area contributed by atoms with Gasteiger partial charge in [0.1, 0.15) is 0 Å². The Kier molecular flexibility index (Phi) is 8.69. The molecule has 1 N–H and O–H groups in total. The first-order chi connectivity index (χ1) is 7.16. The summed E-state index contributed by atoms with van der Waals surface area (Å²) in [7, 11) is 4.79. The average Bonchev–Trinajstić information content (AvgIpc) is 2.15. The van der Waals surface area contributed by atoms with Gasteiger partial charge >= 0.3 is 91.2 Å². The standard InChI is InChI=1S/C10H16BN2O2/c1-9(2)8-10(14)12-5-7-15-6-3-4-13-11/h9H,5-8H2,1-2H3,(H,12,14). The van der Waals surface area contributed by atoms with Crippen molar-refractivity contribution >= 4 is 13.5 Å². The van der Waals surface area contributed by atoms with Gasteiger partial charge in [0.15, 0.2) is 0 Å². The molecule has 0 fully saturated rings. The first kappa shape index (κ1) is 13.9. The third kappa shape index (κ3) is 10.8. The molecule has 0 atom stereocenters. The Bertz CT molecular complexity index is 256. The van der Waals surface area contributed by atoms with Crippen molar-refractivity contribution in [1.82, 2.24) is 5.32 Å². The number of nitrogens with zero attached hydrogens (tertiary/aromatic N) is 1. The number of ether oxygens (including phenoxy) is 1. The maximum absolute atomic E-state index is 11.2. The molecule has 15 heavy (non-hydrogen) atoms. The van der Waals surface area contributed by atoms with E-state index in [0.29, 0.717) is 25.5 Å². The monoisotopic (exact) mass is 207 g/mol. The summed E-state index contributed by atoms with van der Waals surface area (Å²) in [6, 6.07) is 2.31. The van der Waals surface area contributed by atoms with Crippen LogP contribution >= 0.6 is 0 Å². The summed E-state index contributed by atoms with van der Waals surface area (Å²) in [6.07, 6.45) is 0.547. The normalized spacial score (nSPS) is 9.20. The molecule has 0 aliphatic rings. The minimum atomic E-state index is 0.0524. The van der Waals surface area contributed by atoms with Crippen LogP contribution in [0.4, 0.5) is 0 Å². The number of hydrogen-bond donors (Lipinski definition) is 1. The molecule has 0 bridgehead atoms. The average molecular weight is 207 g/mol. The van der Waals surface area contributed by atoms with Crippen LogP contribution in [0.1, 0.15) is 20.3 Å². The molecule has 0 unspecified atom stereocenters. The second kappa shape index (κ2) is 9.41. The van der Waals surface area contributed by atoms with Crippen LogP contribution in [0, 0.1) is 17.9 Å². The first-order valence-electron chi connectivity index (χ1n) is 4.89. The van der Waals surface area contributed by atoms with Crippen molar-refractivity contribution in [3.05, 3.63) is 0 Å². The van der Waals surface area contributed by atoms with Gasteiger partial charge in [-0.25, -0.2) is 0 Å². The molecule has 1 radical (unpaired) electrons. The number of rotatable bonds is 6. The second-order valence-corrected chi connectivity index (χ2v) is 3.42. The molecule has 0 aromatic heterocycles. The summed E-state index contributed by atoms with van der Waals surface area (Å²) < 4.78 is 5.09. The zero-order valence-electron chi connectivity index (χ0n) is 9.25. The Morgan fingerprint density at radius 3 is 2.93 bits per heavy atom. The Morgan fingerprint density at radius 1 is 1.60 bits per heavy atom. The molecule has 0 aromatic carbocycles. The molecule has 1 amide bonds. The fourth-order valence-electron chi connectivity index (χ4n) is 0.907. The summed E-state index contributed by atoms with van der Waals surface area (Å²) in [5.41, 5.74) is 0. The van der Waals surface area contributed by atoms with E-state index in [1.807, 2.05) is 13.8 Å². The van der Waals surface area contributed by atoms with Crippen molar-refractivity contribution in [2.24, 2.45) is 10.8 Å². The van der Waals surface area contributed by atoms with E-state index >= 15 is 0 Å². The van der Waals surface area contributed by atoms with Crippen LogP contribution in [0.3, 0.4) is 0 Å². The van der Waals surface area contributed by atoms with E-state index in [9.17, 15) is 4.79 Å². The van der Waals surface area contributed by atoms with E-state index in [4.69, 9.17) is 12.4 Å². The molecule has 0 heterocycles. The van der Waals surface area contributed by atoms with Crippen LogP contribution < -0.4 is 5.32 Å². The van der Waals surface area contributed by atoms with Crippen molar-refractivity contribution in [2.45, 2.75) is 20.3 Å². The summed E-state index contributed by atoms with van der Waals surface area (Å²) in [5, 5.41) is 2.74. The molecule has 5 heteroatoms. The Balaban J connectivity index is 3.31. The number of carbonyl (C=O) groups excluding carboxylic acids is 1. The van der Waals surface area contributed by atoms with Crippen molar-refractivity contribution in [2.75, 3.05) is 19.8 Å². The van der Waals surface area contributed by atoms with Crippen LogP contribution in [0.25, 0.3) is 0 Å². The molecular weight excluding hydrogens is 191 g/mol. The molecule has 0 aromatic rings. The predicted octanol–water partition coefficient (Wildman–Crippen LogP) is 0.478. The quantitative estimate of drug-likeness (QED) is 0.391. The number of carbonyl (C=O) groups is 1. The van der Waals surface area contributed by atoms with E-state index in [2.05, 4.69) is 22.2 Å². The van der Waals surface area contributed by atoms with Gasteiger partial charge in [-0.2, -0.15) is 0 Å². The van der Waals surface area contributed by atoms with Gasteiger partial charge in [0.2, 0.25) is 0 Å². The van der Waals surface area contributed by atoms with Gasteiger partial charge < -0.3 is 0 Å². The minimum absolute atomic E-state index is 0.0524. The van der Waals surface area contributed by atoms with E-state index in [0.717, 1.165) is 0 Å². The van der Waals surface area contributed by atoms with Crippen LogP contribution in [0.15, 0.2) is 4.90 Å². The fourth-order valence-corrected chi connectivity index (χ4v) is 0.907. The van der Waals surface area contributed by atoms with E-state index in [1.165, 1.54) is 0 Å². The van der Waals surface area contributed by atoms with Gasteiger partial charge in [-0.3, -0.25) is 0 Å². The number of hydrogen-bond acceptors (Lipinski definition) is 3. The Hall–Kier alpha value is -1.15. The van der Waals surface area contributed by atoms with Gasteiger partial charge in [-0.15, -0.1) is 0 Å². The molecule has 0 saturated carbocycles. The van der Waals surface area contributed by atoms with Crippen LogP contribution in [-0.4, -0.2) is 33.3 Å². The second-order valence-electron chi connectivity index (χ2n) is 3.42. The molecule has 0 aliphatic heterocycles. The van der Waals surface area contributed by atoms with Gasteiger partial charge in [0, 0.05) is 0 Å². The first-order valence-corrected chi connectivity index (χ1v) is 4.89. The zero-order valence-corrected chi connectivity index (χ0v) is 9.25. The van der Waals surface area contributed by atoms with Gasteiger partial charge in [-0.1, -0.05) is 0 Å². The number of amides is 1. The molecule has 81 valence electrons. The van der Waals surface area contributed by atoms with Crippen molar-refractivity contribution in [3.63, 3.8) is 0 Å². The fraction of sp³-hybridized carbons (Fsp3) is 0.700. The van der Waals surface area contributed by atoms with Crippen molar-refractivity contribution in [3.8, 4) is 12.0 Å². The molecule has 0 rings (SSSR count). The number of nitrogens with one attached hydrogen (secondary N) is 1. The van der Waals surface area contributed by atoms with E-state index < -0.39 is 0 Å². The third-order valence-electron chi connectivity index (χ3n) is 1.48. The van der Waals surface area contributed by atoms with Crippen molar-refractivity contribution in [1.29, 1.82) is 0 Å². The van der Waals surface area contributed by atoms with Crippen LogP contribution in [0.5, 0.6) is 0 Å². The Morgan fingerprint density at radius 2 is 2.33 bits per heavy atom. The van der Waals surface area contributed by atoms with Gasteiger partial charge in [0.25, 0.3) is 0 Å². The molecular formula is C10H16BN2O2. The summed E-state index contributed by atoms with van der Waals surface area (Å²) in [4.78, 5) is 14.3. The maximum atomic E-state index is 11.2. The predicted molar refractivity (Wildman–Crippen MR) is 59.2 cm³/mol.